The van der Waals surface area contributed by atoms with E-state index in [0.717, 1.165) is 11.4 Å². The molecule has 0 aliphatic rings. The molecule has 9 heteroatoms. The third-order valence-corrected chi connectivity index (χ3v) is 5.05. The number of nitrogens with one attached hydrogen (secondary N) is 2. The number of aromatic amines is 1. The SMILES string of the molecule is COc1cc2ncnc(Oc3ccc(NC(=O)Cc4cc(C(C)C)n[nH]4)cc3)c2cc1OC. The second-order valence-electron chi connectivity index (χ2n) is 7.73. The number of benzene rings is 2. The van der Waals surface area contributed by atoms with Crippen LogP contribution >= 0.6 is 0 Å². The largest absolute Gasteiger partial charge is 0.493 e. The molecule has 0 fully saturated rings. The van der Waals surface area contributed by atoms with E-state index >= 15 is 0 Å². The van der Waals surface area contributed by atoms with Crippen molar-refractivity contribution in [2.45, 2.75) is 26.2 Å². The summed E-state index contributed by atoms with van der Waals surface area (Å²) in [6.07, 6.45) is 1.65. The first-order chi connectivity index (χ1) is 16.0. The minimum absolute atomic E-state index is 0.134. The van der Waals surface area contributed by atoms with Crippen molar-refractivity contribution in [3.8, 4) is 23.1 Å². The topological polar surface area (TPSA) is 111 Å². The van der Waals surface area contributed by atoms with Crippen molar-refractivity contribution in [2.24, 2.45) is 0 Å². The third kappa shape index (κ3) is 5.03. The van der Waals surface area contributed by atoms with Gasteiger partial charge in [0.05, 0.1) is 37.2 Å². The minimum atomic E-state index is -0.134. The highest BCUT2D eigenvalue weighted by atomic mass is 16.5. The van der Waals surface area contributed by atoms with Gasteiger partial charge in [-0.15, -0.1) is 0 Å². The summed E-state index contributed by atoms with van der Waals surface area (Å²) in [6.45, 7) is 4.11. The van der Waals surface area contributed by atoms with Crippen LogP contribution in [-0.4, -0.2) is 40.3 Å². The van der Waals surface area contributed by atoms with Gasteiger partial charge >= 0.3 is 0 Å². The molecule has 0 aliphatic heterocycles. The highest BCUT2D eigenvalue weighted by molar-refractivity contribution is 5.92. The number of hydrogen-bond donors (Lipinski definition) is 2. The molecule has 0 atom stereocenters. The van der Waals surface area contributed by atoms with E-state index in [1.165, 1.54) is 6.33 Å². The fourth-order valence-electron chi connectivity index (χ4n) is 3.30. The Balaban J connectivity index is 1.45. The zero-order valence-corrected chi connectivity index (χ0v) is 18.9. The summed E-state index contributed by atoms with van der Waals surface area (Å²) in [4.78, 5) is 20.9. The fourth-order valence-corrected chi connectivity index (χ4v) is 3.30. The first-order valence-electron chi connectivity index (χ1n) is 10.5. The zero-order valence-electron chi connectivity index (χ0n) is 18.9. The number of nitrogens with zero attached hydrogens (tertiary/aromatic N) is 3. The Labute approximate surface area is 191 Å². The van der Waals surface area contributed by atoms with E-state index in [4.69, 9.17) is 14.2 Å². The van der Waals surface area contributed by atoms with Crippen molar-refractivity contribution < 1.29 is 19.0 Å². The predicted molar refractivity (Wildman–Crippen MR) is 124 cm³/mol. The first kappa shape index (κ1) is 22.1. The van der Waals surface area contributed by atoms with Gasteiger partial charge < -0.3 is 19.5 Å². The van der Waals surface area contributed by atoms with E-state index in [-0.39, 0.29) is 12.3 Å². The van der Waals surface area contributed by atoms with Crippen LogP contribution < -0.4 is 19.5 Å². The van der Waals surface area contributed by atoms with Crippen LogP contribution in [0.2, 0.25) is 0 Å². The van der Waals surface area contributed by atoms with Gasteiger partial charge in [-0.2, -0.15) is 5.10 Å². The number of ether oxygens (including phenoxy) is 3. The van der Waals surface area contributed by atoms with Crippen LogP contribution in [0.25, 0.3) is 10.9 Å². The van der Waals surface area contributed by atoms with Crippen LogP contribution in [0, 0.1) is 0 Å². The third-order valence-electron chi connectivity index (χ3n) is 5.05. The number of methoxy groups -OCH3 is 2. The first-order valence-corrected chi connectivity index (χ1v) is 10.5. The summed E-state index contributed by atoms with van der Waals surface area (Å²) in [6, 6.07) is 12.5. The van der Waals surface area contributed by atoms with Gasteiger partial charge in [-0.1, -0.05) is 13.8 Å². The Kier molecular flexibility index (Phi) is 6.39. The van der Waals surface area contributed by atoms with E-state index in [1.807, 2.05) is 6.07 Å². The lowest BCUT2D eigenvalue weighted by Gasteiger charge is -2.12. The van der Waals surface area contributed by atoms with Crippen molar-refractivity contribution in [1.82, 2.24) is 20.2 Å². The lowest BCUT2D eigenvalue weighted by molar-refractivity contribution is -0.115. The maximum absolute atomic E-state index is 12.4. The molecular weight excluding hydrogens is 422 g/mol. The van der Waals surface area contributed by atoms with Crippen molar-refractivity contribution in [1.29, 1.82) is 0 Å². The predicted octanol–water partition coefficient (Wildman–Crippen LogP) is 4.47. The van der Waals surface area contributed by atoms with Gasteiger partial charge in [0.15, 0.2) is 11.5 Å². The molecule has 0 unspecified atom stereocenters. The maximum atomic E-state index is 12.4. The fraction of sp³-hybridized carbons (Fsp3) is 0.250. The summed E-state index contributed by atoms with van der Waals surface area (Å²) in [7, 11) is 3.14. The standard InChI is InChI=1S/C24H25N5O4/c1-14(2)19-9-16(28-29-19)10-23(30)27-15-5-7-17(8-6-15)33-24-18-11-21(31-3)22(32-4)12-20(18)25-13-26-24/h5-9,11-14H,10H2,1-4H3,(H,27,30)(H,28,29). The van der Waals surface area contributed by atoms with Gasteiger partial charge in [-0.05, 0) is 42.3 Å². The number of amides is 1. The molecule has 2 heterocycles. The molecule has 0 saturated heterocycles. The van der Waals surface area contributed by atoms with E-state index in [9.17, 15) is 4.79 Å². The molecule has 2 N–H and O–H groups in total. The molecule has 9 nitrogen and oxygen atoms in total. The molecule has 170 valence electrons. The van der Waals surface area contributed by atoms with Gasteiger partial charge in [0.2, 0.25) is 11.8 Å². The summed E-state index contributed by atoms with van der Waals surface area (Å²) in [5.74, 6) is 2.26. The molecule has 2 aromatic heterocycles. The van der Waals surface area contributed by atoms with Gasteiger partial charge in [-0.3, -0.25) is 9.89 Å². The Morgan fingerprint density at radius 3 is 2.42 bits per heavy atom. The number of carbonyl (C=O) groups excluding carboxylic acids is 1. The summed E-state index contributed by atoms with van der Waals surface area (Å²) in [5, 5.41) is 10.7. The van der Waals surface area contributed by atoms with E-state index < -0.39 is 0 Å². The maximum Gasteiger partial charge on any atom is 0.230 e. The average Bonchev–Trinajstić information content (AvgIpc) is 3.28. The summed E-state index contributed by atoms with van der Waals surface area (Å²) >= 11 is 0. The molecule has 0 spiro atoms. The number of anilines is 1. The van der Waals surface area contributed by atoms with Crippen LogP contribution in [0.1, 0.15) is 31.2 Å². The van der Waals surface area contributed by atoms with Crippen molar-refractivity contribution >= 4 is 22.5 Å². The lowest BCUT2D eigenvalue weighted by atomic mass is 10.1. The van der Waals surface area contributed by atoms with Crippen molar-refractivity contribution in [3.63, 3.8) is 0 Å². The molecule has 4 rings (SSSR count). The monoisotopic (exact) mass is 447 g/mol. The number of hydrogen-bond acceptors (Lipinski definition) is 7. The van der Waals surface area contributed by atoms with Crippen molar-refractivity contribution in [2.75, 3.05) is 19.5 Å². The Morgan fingerprint density at radius 2 is 1.76 bits per heavy atom. The van der Waals surface area contributed by atoms with Gasteiger partial charge in [0, 0.05) is 17.4 Å². The molecule has 33 heavy (non-hydrogen) atoms. The summed E-state index contributed by atoms with van der Waals surface area (Å²) in [5.41, 5.74) is 3.04. The molecule has 1 amide bonds. The highest BCUT2D eigenvalue weighted by Gasteiger charge is 2.13. The molecule has 4 aromatic rings. The minimum Gasteiger partial charge on any atom is -0.493 e. The number of aromatic nitrogens is 4. The van der Waals surface area contributed by atoms with Crippen LogP contribution in [0.4, 0.5) is 5.69 Å². The lowest BCUT2D eigenvalue weighted by Crippen LogP contribution is -2.14. The number of fused-ring (bicyclic) bond motifs is 1. The number of H-pyrrole nitrogens is 1. The molecule has 0 bridgehead atoms. The number of rotatable bonds is 8. The summed E-state index contributed by atoms with van der Waals surface area (Å²) < 4.78 is 16.7. The molecule has 0 saturated carbocycles. The van der Waals surface area contributed by atoms with Gasteiger partial charge in [0.25, 0.3) is 0 Å². The van der Waals surface area contributed by atoms with Crippen LogP contribution in [-0.2, 0) is 11.2 Å². The second-order valence-corrected chi connectivity index (χ2v) is 7.73. The van der Waals surface area contributed by atoms with Crippen LogP contribution in [0.5, 0.6) is 23.1 Å². The van der Waals surface area contributed by atoms with E-state index in [0.29, 0.717) is 45.6 Å². The van der Waals surface area contributed by atoms with E-state index in [2.05, 4.69) is 39.3 Å². The molecule has 2 aromatic carbocycles. The quantitative estimate of drug-likeness (QED) is 0.410. The molecular formula is C24H25N5O4. The molecule has 0 aliphatic carbocycles. The normalized spacial score (nSPS) is 10.9. The Bertz CT molecular complexity index is 1270. The Hall–Kier alpha value is -4.14. The van der Waals surface area contributed by atoms with Crippen LogP contribution in [0.3, 0.4) is 0 Å². The number of carbonyl (C=O) groups is 1. The van der Waals surface area contributed by atoms with Gasteiger partial charge in [-0.25, -0.2) is 9.97 Å². The Morgan fingerprint density at radius 1 is 1.03 bits per heavy atom. The van der Waals surface area contributed by atoms with Gasteiger partial charge in [0.1, 0.15) is 12.1 Å². The smallest absolute Gasteiger partial charge is 0.230 e. The van der Waals surface area contributed by atoms with Crippen LogP contribution in [0.15, 0.2) is 48.8 Å². The molecule has 0 radical (unpaired) electrons. The highest BCUT2D eigenvalue weighted by Crippen LogP contribution is 2.35. The second kappa shape index (κ2) is 9.56. The van der Waals surface area contributed by atoms with Crippen molar-refractivity contribution in [3.05, 3.63) is 60.2 Å². The zero-order chi connectivity index (χ0) is 23.4. The van der Waals surface area contributed by atoms with E-state index in [1.54, 1.807) is 50.6 Å². The average molecular weight is 447 g/mol.